The lowest BCUT2D eigenvalue weighted by Crippen LogP contribution is -2.27. The third-order valence-electron chi connectivity index (χ3n) is 4.41. The van der Waals surface area contributed by atoms with E-state index < -0.39 is 32.5 Å². The molecule has 0 aliphatic rings. The van der Waals surface area contributed by atoms with Gasteiger partial charge in [-0.1, -0.05) is 18.2 Å². The lowest BCUT2D eigenvalue weighted by atomic mass is 10.2. The van der Waals surface area contributed by atoms with Crippen LogP contribution in [0.25, 0.3) is 22.9 Å². The Morgan fingerprint density at radius 2 is 1.44 bits per heavy atom. The minimum Gasteiger partial charge on any atom is -0.421 e. The summed E-state index contributed by atoms with van der Waals surface area (Å²) in [5, 5.41) is 18.1. The molecule has 0 aliphatic heterocycles. The second-order valence-corrected chi connectivity index (χ2v) is 8.27. The molecule has 9 nitrogen and oxygen atoms in total. The predicted octanol–water partition coefficient (Wildman–Crippen LogP) is 3.70. The molecule has 0 amide bonds. The molecule has 0 saturated heterocycles. The summed E-state index contributed by atoms with van der Waals surface area (Å²) in [5.41, 5.74) is 0.0389. The normalized spacial score (nSPS) is 11.0. The van der Waals surface area contributed by atoms with Crippen molar-refractivity contribution in [2.24, 2.45) is 0 Å². The van der Waals surface area contributed by atoms with Gasteiger partial charge in [-0.3, -0.25) is 0 Å². The largest absolute Gasteiger partial charge is 0.421 e. The highest BCUT2D eigenvalue weighted by atomic mass is 32.2. The Hall–Kier alpha value is -4.48. The summed E-state index contributed by atoms with van der Waals surface area (Å²) in [5.74, 6) is -1.02. The highest BCUT2D eigenvalue weighted by Gasteiger charge is 2.35. The standard InChI is InChI=1S/C21H12FN5O4S/c1-27(20-16(11-23)25-18(30-20)14-7-9-15(22)10-8-14)32(28,29)21-17(12-24)26-19(31-21)13-5-3-2-4-6-13/h2-10H,1H3. The SMILES string of the molecule is CN(c1oc(-c2ccc(F)cc2)nc1C#N)S(=O)(=O)c1oc(-c2ccccc2)nc1C#N. The summed E-state index contributed by atoms with van der Waals surface area (Å²) in [7, 11) is -3.37. The topological polar surface area (TPSA) is 137 Å². The molecule has 0 bridgehead atoms. The van der Waals surface area contributed by atoms with Gasteiger partial charge in [0.05, 0.1) is 0 Å². The number of benzene rings is 2. The third kappa shape index (κ3) is 3.57. The Balaban J connectivity index is 1.78. The second-order valence-electron chi connectivity index (χ2n) is 6.40. The molecule has 0 unspecified atom stereocenters. The van der Waals surface area contributed by atoms with Crippen molar-refractivity contribution in [1.29, 1.82) is 10.5 Å². The summed E-state index contributed by atoms with van der Waals surface area (Å²) in [6.07, 6.45) is 0. The van der Waals surface area contributed by atoms with E-state index >= 15 is 0 Å². The van der Waals surface area contributed by atoms with E-state index in [0.29, 0.717) is 15.4 Å². The average molecular weight is 449 g/mol. The summed E-state index contributed by atoms with van der Waals surface area (Å²) in [6.45, 7) is 0. The van der Waals surface area contributed by atoms with Crippen LogP contribution in [-0.2, 0) is 10.0 Å². The van der Waals surface area contributed by atoms with E-state index in [1.807, 2.05) is 0 Å². The van der Waals surface area contributed by atoms with Gasteiger partial charge in [-0.15, -0.1) is 0 Å². The van der Waals surface area contributed by atoms with Gasteiger partial charge in [0.1, 0.15) is 18.0 Å². The van der Waals surface area contributed by atoms with E-state index in [1.54, 1.807) is 42.5 Å². The molecule has 0 saturated carbocycles. The van der Waals surface area contributed by atoms with Crippen LogP contribution in [-0.4, -0.2) is 25.4 Å². The van der Waals surface area contributed by atoms with E-state index in [2.05, 4.69) is 9.97 Å². The molecule has 2 aromatic carbocycles. The Morgan fingerprint density at radius 3 is 2.06 bits per heavy atom. The van der Waals surface area contributed by atoms with E-state index in [0.717, 1.165) is 7.05 Å². The van der Waals surface area contributed by atoms with Crippen molar-refractivity contribution in [3.05, 3.63) is 71.8 Å². The van der Waals surface area contributed by atoms with Crippen LogP contribution in [0.5, 0.6) is 0 Å². The van der Waals surface area contributed by atoms with E-state index in [-0.39, 0.29) is 17.5 Å². The number of nitriles is 2. The van der Waals surface area contributed by atoms with Crippen LogP contribution in [0.3, 0.4) is 0 Å². The first-order chi connectivity index (χ1) is 15.3. The van der Waals surface area contributed by atoms with Gasteiger partial charge in [0.25, 0.3) is 5.09 Å². The van der Waals surface area contributed by atoms with E-state index in [9.17, 15) is 23.3 Å². The Labute approximate surface area is 181 Å². The van der Waals surface area contributed by atoms with Crippen molar-refractivity contribution < 1.29 is 21.6 Å². The number of anilines is 1. The molecule has 0 atom stereocenters. The summed E-state index contributed by atoms with van der Waals surface area (Å²) >= 11 is 0. The number of nitrogens with zero attached hydrogens (tertiary/aromatic N) is 5. The first-order valence-electron chi connectivity index (χ1n) is 8.97. The maximum Gasteiger partial charge on any atom is 0.303 e. The van der Waals surface area contributed by atoms with Gasteiger partial charge in [0, 0.05) is 18.2 Å². The molecule has 0 N–H and O–H groups in total. The van der Waals surface area contributed by atoms with Crippen LogP contribution in [0, 0.1) is 28.5 Å². The van der Waals surface area contributed by atoms with Gasteiger partial charge >= 0.3 is 10.0 Å². The van der Waals surface area contributed by atoms with Crippen molar-refractivity contribution in [2.45, 2.75) is 5.09 Å². The molecule has 11 heteroatoms. The van der Waals surface area contributed by atoms with Gasteiger partial charge in [-0.25, -0.2) is 8.70 Å². The van der Waals surface area contributed by atoms with E-state index in [1.165, 1.54) is 24.3 Å². The maximum atomic E-state index is 13.2. The number of aromatic nitrogens is 2. The van der Waals surface area contributed by atoms with Gasteiger partial charge in [0.2, 0.25) is 29.1 Å². The second kappa shape index (κ2) is 7.98. The first-order valence-corrected chi connectivity index (χ1v) is 10.4. The number of hydrogen-bond donors (Lipinski definition) is 0. The smallest absolute Gasteiger partial charge is 0.303 e. The number of hydrogen-bond acceptors (Lipinski definition) is 8. The molecule has 2 heterocycles. The van der Waals surface area contributed by atoms with Gasteiger partial charge in [-0.05, 0) is 36.4 Å². The number of oxazole rings is 2. The molecular weight excluding hydrogens is 437 g/mol. The van der Waals surface area contributed by atoms with Crippen LogP contribution in [0.1, 0.15) is 11.4 Å². The summed E-state index contributed by atoms with van der Waals surface area (Å²) in [6, 6.07) is 17.0. The molecule has 4 aromatic rings. The van der Waals surface area contributed by atoms with Crippen molar-refractivity contribution in [2.75, 3.05) is 11.4 Å². The predicted molar refractivity (Wildman–Crippen MR) is 109 cm³/mol. The quantitative estimate of drug-likeness (QED) is 0.450. The number of rotatable bonds is 5. The average Bonchev–Trinajstić information content (AvgIpc) is 3.44. The lowest BCUT2D eigenvalue weighted by Gasteiger charge is -2.14. The molecule has 32 heavy (non-hydrogen) atoms. The number of sulfonamides is 1. The molecule has 158 valence electrons. The van der Waals surface area contributed by atoms with Crippen LogP contribution in [0.4, 0.5) is 10.3 Å². The maximum absolute atomic E-state index is 13.2. The Bertz CT molecular complexity index is 1480. The highest BCUT2D eigenvalue weighted by Crippen LogP contribution is 2.33. The molecular formula is C21H12FN5O4S. The van der Waals surface area contributed by atoms with Gasteiger partial charge < -0.3 is 8.83 Å². The molecule has 0 spiro atoms. The van der Waals surface area contributed by atoms with Crippen LogP contribution >= 0.6 is 0 Å². The number of halogens is 1. The summed E-state index contributed by atoms with van der Waals surface area (Å²) in [4.78, 5) is 7.95. The zero-order valence-corrected chi connectivity index (χ0v) is 17.2. The zero-order valence-electron chi connectivity index (χ0n) is 16.4. The van der Waals surface area contributed by atoms with Gasteiger partial charge in [0.15, 0.2) is 0 Å². The minimum absolute atomic E-state index is 0.0563. The fraction of sp³-hybridized carbons (Fsp3) is 0.0476. The fourth-order valence-corrected chi connectivity index (χ4v) is 3.91. The third-order valence-corrected chi connectivity index (χ3v) is 6.04. The van der Waals surface area contributed by atoms with E-state index in [4.69, 9.17) is 8.83 Å². The molecule has 0 aliphatic carbocycles. The van der Waals surface area contributed by atoms with Crippen molar-refractivity contribution >= 4 is 15.9 Å². The molecule has 2 aromatic heterocycles. The van der Waals surface area contributed by atoms with Crippen LogP contribution in [0.2, 0.25) is 0 Å². The van der Waals surface area contributed by atoms with Crippen LogP contribution < -0.4 is 4.31 Å². The van der Waals surface area contributed by atoms with Crippen molar-refractivity contribution in [3.63, 3.8) is 0 Å². The minimum atomic E-state index is -4.49. The van der Waals surface area contributed by atoms with Gasteiger partial charge in [-0.2, -0.15) is 28.9 Å². The van der Waals surface area contributed by atoms with Crippen LogP contribution in [0.15, 0.2) is 68.5 Å². The summed E-state index contributed by atoms with van der Waals surface area (Å²) < 4.78 is 51.2. The van der Waals surface area contributed by atoms with Crippen molar-refractivity contribution in [3.8, 4) is 35.0 Å². The highest BCUT2D eigenvalue weighted by molar-refractivity contribution is 7.92. The molecule has 0 radical (unpaired) electrons. The molecule has 4 rings (SSSR count). The zero-order chi connectivity index (χ0) is 22.9. The first kappa shape index (κ1) is 20.8. The lowest BCUT2D eigenvalue weighted by molar-refractivity contribution is 0.455. The monoisotopic (exact) mass is 449 g/mol. The molecule has 0 fully saturated rings. The fourth-order valence-electron chi connectivity index (χ4n) is 2.80. The Kier molecular flexibility index (Phi) is 5.18. The van der Waals surface area contributed by atoms with Crippen molar-refractivity contribution in [1.82, 2.24) is 9.97 Å². The Morgan fingerprint density at radius 1 is 0.875 bits per heavy atom.